The van der Waals surface area contributed by atoms with Crippen LogP contribution in [0.4, 0.5) is 5.69 Å². The molecule has 0 N–H and O–H groups in total. The van der Waals surface area contributed by atoms with Gasteiger partial charge in [0, 0.05) is 33.9 Å². The Bertz CT molecular complexity index is 713. The van der Waals surface area contributed by atoms with E-state index in [4.69, 9.17) is 4.74 Å². The molecule has 23 heavy (non-hydrogen) atoms. The molecule has 2 aromatic carbocycles. The average Bonchev–Trinajstić information content (AvgIpc) is 2.54. The van der Waals surface area contributed by atoms with Gasteiger partial charge in [0.1, 0.15) is 5.75 Å². The zero-order chi connectivity index (χ0) is 16.8. The van der Waals surface area contributed by atoms with Gasteiger partial charge in [-0.1, -0.05) is 0 Å². The number of nitro groups is 1. The summed E-state index contributed by atoms with van der Waals surface area (Å²) < 4.78 is 5.60. The van der Waals surface area contributed by atoms with Gasteiger partial charge in [0.15, 0.2) is 5.78 Å². The zero-order valence-corrected chi connectivity index (χ0v) is 13.8. The maximum absolute atomic E-state index is 11.5. The Morgan fingerprint density at radius 3 is 2.48 bits per heavy atom. The van der Waals surface area contributed by atoms with Gasteiger partial charge in [0.2, 0.25) is 0 Å². The van der Waals surface area contributed by atoms with Crippen molar-refractivity contribution < 1.29 is 14.5 Å². The number of ether oxygens (including phenoxy) is 1. The molecule has 0 aliphatic carbocycles. The molecule has 2 rings (SSSR count). The number of hydrogen-bond donors (Lipinski definition) is 0. The van der Waals surface area contributed by atoms with E-state index in [2.05, 4.69) is 0 Å². The van der Waals surface area contributed by atoms with Crippen LogP contribution >= 0.6 is 11.8 Å². The fourth-order valence-electron chi connectivity index (χ4n) is 2.03. The first-order valence-corrected chi connectivity index (χ1v) is 8.13. The number of Topliss-reactive ketones (excluding diaryl/α,β-unsaturated/α-hetero) is 1. The van der Waals surface area contributed by atoms with Crippen molar-refractivity contribution in [3.05, 3.63) is 63.7 Å². The smallest absolute Gasteiger partial charge is 0.269 e. The lowest BCUT2D eigenvalue weighted by Crippen LogP contribution is -1.99. The number of ketones is 1. The summed E-state index contributed by atoms with van der Waals surface area (Å²) in [5, 5.41) is 10.7. The number of benzene rings is 2. The van der Waals surface area contributed by atoms with E-state index in [-0.39, 0.29) is 11.5 Å². The van der Waals surface area contributed by atoms with Crippen molar-refractivity contribution in [1.29, 1.82) is 0 Å². The molecule has 6 heteroatoms. The summed E-state index contributed by atoms with van der Waals surface area (Å²) in [4.78, 5) is 22.7. The van der Waals surface area contributed by atoms with E-state index in [1.807, 2.05) is 19.1 Å². The highest BCUT2D eigenvalue weighted by molar-refractivity contribution is 7.98. The SMILES string of the molecule is CCOc1ccc(C(C)=O)cc1CSc1ccc([N+](=O)[O-])cc1. The molecule has 120 valence electrons. The van der Waals surface area contributed by atoms with Crippen molar-refractivity contribution in [3.63, 3.8) is 0 Å². The number of carbonyl (C=O) groups is 1. The number of nitro benzene ring substituents is 1. The van der Waals surface area contributed by atoms with Crippen molar-refractivity contribution in [3.8, 4) is 5.75 Å². The Balaban J connectivity index is 2.16. The predicted octanol–water partition coefficient (Wildman–Crippen LogP) is 4.49. The normalized spacial score (nSPS) is 10.3. The Morgan fingerprint density at radius 1 is 1.22 bits per heavy atom. The first kappa shape index (κ1) is 17.0. The van der Waals surface area contributed by atoms with Crippen LogP contribution in [-0.4, -0.2) is 17.3 Å². The quantitative estimate of drug-likeness (QED) is 0.323. The van der Waals surface area contributed by atoms with Gasteiger partial charge in [-0.2, -0.15) is 0 Å². The van der Waals surface area contributed by atoms with Gasteiger partial charge in [-0.15, -0.1) is 11.8 Å². The Labute approximate surface area is 138 Å². The Kier molecular flexibility index (Phi) is 5.76. The molecule has 5 nitrogen and oxygen atoms in total. The van der Waals surface area contributed by atoms with Gasteiger partial charge in [0.05, 0.1) is 11.5 Å². The van der Waals surface area contributed by atoms with Crippen LogP contribution in [-0.2, 0) is 5.75 Å². The first-order chi connectivity index (χ1) is 11.0. The maximum atomic E-state index is 11.5. The summed E-state index contributed by atoms with van der Waals surface area (Å²) >= 11 is 1.54. The molecule has 0 unspecified atom stereocenters. The number of thioether (sulfide) groups is 1. The highest BCUT2D eigenvalue weighted by Crippen LogP contribution is 2.30. The second kappa shape index (κ2) is 7.78. The molecule has 0 atom stereocenters. The van der Waals surface area contributed by atoms with Crippen LogP contribution in [0.3, 0.4) is 0 Å². The largest absolute Gasteiger partial charge is 0.494 e. The molecular weight excluding hydrogens is 314 g/mol. The van der Waals surface area contributed by atoms with Crippen LogP contribution in [0.25, 0.3) is 0 Å². The molecular formula is C17H17NO4S. The Hall–Kier alpha value is -2.34. The molecule has 2 aromatic rings. The van der Waals surface area contributed by atoms with Crippen LogP contribution in [0.2, 0.25) is 0 Å². The minimum Gasteiger partial charge on any atom is -0.494 e. The second-order valence-corrected chi connectivity index (χ2v) is 5.90. The lowest BCUT2D eigenvalue weighted by Gasteiger charge is -2.11. The average molecular weight is 331 g/mol. The van der Waals surface area contributed by atoms with Crippen LogP contribution in [0, 0.1) is 10.1 Å². The summed E-state index contributed by atoms with van der Waals surface area (Å²) in [5.74, 6) is 1.38. The summed E-state index contributed by atoms with van der Waals surface area (Å²) in [7, 11) is 0. The number of carbonyl (C=O) groups excluding carboxylic acids is 1. The predicted molar refractivity (Wildman–Crippen MR) is 90.3 cm³/mol. The summed E-state index contributed by atoms with van der Waals surface area (Å²) in [6.45, 7) is 3.99. The molecule has 0 heterocycles. The van der Waals surface area contributed by atoms with E-state index >= 15 is 0 Å². The third-order valence-electron chi connectivity index (χ3n) is 3.21. The molecule has 0 saturated carbocycles. The van der Waals surface area contributed by atoms with Gasteiger partial charge >= 0.3 is 0 Å². The van der Waals surface area contributed by atoms with E-state index in [0.717, 1.165) is 16.2 Å². The van der Waals surface area contributed by atoms with E-state index in [1.165, 1.54) is 19.1 Å². The molecule has 0 bridgehead atoms. The standard InChI is InChI=1S/C17H17NO4S/c1-3-22-17-9-4-13(12(2)19)10-14(17)11-23-16-7-5-15(6-8-16)18(20)21/h4-10H,3,11H2,1-2H3. The lowest BCUT2D eigenvalue weighted by molar-refractivity contribution is -0.384. The molecule has 0 aliphatic heterocycles. The number of hydrogen-bond acceptors (Lipinski definition) is 5. The summed E-state index contributed by atoms with van der Waals surface area (Å²) in [6.07, 6.45) is 0. The van der Waals surface area contributed by atoms with Crippen LogP contribution in [0.5, 0.6) is 5.75 Å². The van der Waals surface area contributed by atoms with Gasteiger partial charge in [-0.25, -0.2) is 0 Å². The summed E-state index contributed by atoms with van der Waals surface area (Å²) in [6, 6.07) is 11.8. The number of nitrogens with zero attached hydrogens (tertiary/aromatic N) is 1. The lowest BCUT2D eigenvalue weighted by atomic mass is 10.1. The first-order valence-electron chi connectivity index (χ1n) is 7.15. The monoisotopic (exact) mass is 331 g/mol. The molecule has 0 fully saturated rings. The molecule has 0 aromatic heterocycles. The fourth-order valence-corrected chi connectivity index (χ4v) is 2.91. The van der Waals surface area contributed by atoms with Gasteiger partial charge in [-0.3, -0.25) is 14.9 Å². The summed E-state index contributed by atoms with van der Waals surface area (Å²) in [5.41, 5.74) is 1.65. The van der Waals surface area contributed by atoms with Crippen LogP contribution < -0.4 is 4.74 Å². The highest BCUT2D eigenvalue weighted by atomic mass is 32.2. The second-order valence-electron chi connectivity index (χ2n) is 4.85. The van der Waals surface area contributed by atoms with E-state index < -0.39 is 4.92 Å². The minimum atomic E-state index is -0.419. The van der Waals surface area contributed by atoms with E-state index in [9.17, 15) is 14.9 Å². The van der Waals surface area contributed by atoms with Crippen LogP contribution in [0.15, 0.2) is 47.4 Å². The number of rotatable bonds is 7. The van der Waals surface area contributed by atoms with Crippen molar-refractivity contribution in [1.82, 2.24) is 0 Å². The third kappa shape index (κ3) is 4.56. The van der Waals surface area contributed by atoms with Crippen molar-refractivity contribution in [2.75, 3.05) is 6.61 Å². The van der Waals surface area contributed by atoms with Gasteiger partial charge in [0.25, 0.3) is 5.69 Å². The fraction of sp³-hybridized carbons (Fsp3) is 0.235. The van der Waals surface area contributed by atoms with Crippen molar-refractivity contribution in [2.45, 2.75) is 24.5 Å². The van der Waals surface area contributed by atoms with Crippen LogP contribution in [0.1, 0.15) is 29.8 Å². The van der Waals surface area contributed by atoms with Gasteiger partial charge < -0.3 is 4.74 Å². The molecule has 0 spiro atoms. The molecule has 0 radical (unpaired) electrons. The van der Waals surface area contributed by atoms with E-state index in [1.54, 1.807) is 30.0 Å². The number of non-ortho nitro benzene ring substituents is 1. The van der Waals surface area contributed by atoms with Crippen molar-refractivity contribution in [2.24, 2.45) is 0 Å². The highest BCUT2D eigenvalue weighted by Gasteiger charge is 2.09. The Morgan fingerprint density at radius 2 is 1.91 bits per heavy atom. The topological polar surface area (TPSA) is 69.4 Å². The van der Waals surface area contributed by atoms with Crippen molar-refractivity contribution >= 4 is 23.2 Å². The molecule has 0 aliphatic rings. The van der Waals surface area contributed by atoms with Gasteiger partial charge in [-0.05, 0) is 44.2 Å². The third-order valence-corrected chi connectivity index (χ3v) is 4.27. The molecule has 0 amide bonds. The maximum Gasteiger partial charge on any atom is 0.269 e. The zero-order valence-electron chi connectivity index (χ0n) is 12.9. The van der Waals surface area contributed by atoms with E-state index in [0.29, 0.717) is 17.9 Å². The molecule has 0 saturated heterocycles. The minimum absolute atomic E-state index is 0.00892.